The van der Waals surface area contributed by atoms with Crippen LogP contribution in [-0.2, 0) is 6.42 Å². The van der Waals surface area contributed by atoms with Crippen LogP contribution in [0.15, 0.2) is 23.0 Å². The van der Waals surface area contributed by atoms with Crippen molar-refractivity contribution in [2.75, 3.05) is 0 Å². The Balaban J connectivity index is 1.83. The average molecular weight is 300 g/mol. The summed E-state index contributed by atoms with van der Waals surface area (Å²) in [5, 5.41) is 13.8. The third-order valence-electron chi connectivity index (χ3n) is 3.25. The van der Waals surface area contributed by atoms with E-state index in [9.17, 15) is 4.79 Å². The zero-order chi connectivity index (χ0) is 14.4. The summed E-state index contributed by atoms with van der Waals surface area (Å²) < 4.78 is 5.95. The maximum atomic E-state index is 11.9. The largest absolute Gasteiger partial charge is 0.440 e. The van der Waals surface area contributed by atoms with E-state index in [1.807, 2.05) is 18.2 Å². The Hall–Kier alpha value is -2.81. The number of nitrogens with zero attached hydrogens (tertiary/aromatic N) is 3. The molecule has 4 rings (SSSR count). The number of ether oxygens (including phenoxy) is 1. The van der Waals surface area contributed by atoms with Crippen LogP contribution in [0.25, 0.3) is 11.4 Å². The highest BCUT2D eigenvalue weighted by molar-refractivity contribution is 7.71. The Bertz CT molecular complexity index is 943. The second kappa shape index (κ2) is 4.35. The van der Waals surface area contributed by atoms with Crippen molar-refractivity contribution in [3.05, 3.63) is 44.5 Å². The lowest BCUT2D eigenvalue weighted by molar-refractivity contribution is 0.436. The van der Waals surface area contributed by atoms with Gasteiger partial charge in [-0.1, -0.05) is 0 Å². The standard InChI is InChI=1S/C12H8N6O2S/c19-10-7-4-6-3-5(9-15-17-18-16-9)1-2-8(6)20-11(7)14-12(21)13-10/h1-3H,4H2,(H2,13,14,19,21)(H,15,16,17,18). The van der Waals surface area contributed by atoms with E-state index in [0.717, 1.165) is 11.1 Å². The van der Waals surface area contributed by atoms with Gasteiger partial charge in [0.25, 0.3) is 5.56 Å². The second-order valence-corrected chi connectivity index (χ2v) is 4.96. The maximum absolute atomic E-state index is 11.9. The molecule has 0 aliphatic carbocycles. The molecule has 0 unspecified atom stereocenters. The number of benzene rings is 1. The summed E-state index contributed by atoms with van der Waals surface area (Å²) in [6.07, 6.45) is 0.442. The minimum atomic E-state index is -0.246. The Kier molecular flexibility index (Phi) is 2.48. The molecule has 3 heterocycles. The molecule has 2 aromatic heterocycles. The fraction of sp³-hybridized carbons (Fsp3) is 0.0833. The zero-order valence-corrected chi connectivity index (χ0v) is 11.3. The first kappa shape index (κ1) is 12.0. The number of nitrogens with one attached hydrogen (secondary N) is 3. The number of hydrogen-bond donors (Lipinski definition) is 3. The van der Waals surface area contributed by atoms with Crippen LogP contribution in [0, 0.1) is 4.77 Å². The van der Waals surface area contributed by atoms with Crippen LogP contribution in [0.2, 0.25) is 0 Å². The van der Waals surface area contributed by atoms with Gasteiger partial charge in [0.1, 0.15) is 5.75 Å². The summed E-state index contributed by atoms with van der Waals surface area (Å²) >= 11 is 4.94. The smallest absolute Gasteiger partial charge is 0.259 e. The van der Waals surface area contributed by atoms with E-state index in [1.165, 1.54) is 0 Å². The average Bonchev–Trinajstić information content (AvgIpc) is 2.99. The van der Waals surface area contributed by atoms with Gasteiger partial charge in [0.15, 0.2) is 4.77 Å². The van der Waals surface area contributed by atoms with E-state index < -0.39 is 0 Å². The van der Waals surface area contributed by atoms with Crippen molar-refractivity contribution < 1.29 is 4.74 Å². The lowest BCUT2D eigenvalue weighted by Gasteiger charge is -2.19. The topological polar surface area (TPSA) is 112 Å². The minimum Gasteiger partial charge on any atom is -0.440 e. The van der Waals surface area contributed by atoms with E-state index in [-0.39, 0.29) is 10.3 Å². The first-order valence-electron chi connectivity index (χ1n) is 6.11. The van der Waals surface area contributed by atoms with Gasteiger partial charge in [0.2, 0.25) is 11.7 Å². The van der Waals surface area contributed by atoms with Crippen molar-refractivity contribution >= 4 is 12.2 Å². The number of tetrazole rings is 1. The predicted molar refractivity (Wildman–Crippen MR) is 74.7 cm³/mol. The lowest BCUT2D eigenvalue weighted by atomic mass is 10.0. The van der Waals surface area contributed by atoms with Gasteiger partial charge < -0.3 is 9.72 Å². The van der Waals surface area contributed by atoms with Crippen LogP contribution >= 0.6 is 12.2 Å². The SMILES string of the molecule is O=c1[nH]c(=S)[nH]c2c1Cc1cc(-c3nn[nH]n3)ccc1O2. The molecule has 3 N–H and O–H groups in total. The van der Waals surface area contributed by atoms with Crippen LogP contribution in [0.1, 0.15) is 11.1 Å². The molecule has 1 aromatic carbocycles. The summed E-state index contributed by atoms with van der Waals surface area (Å²) in [5.74, 6) is 1.56. The molecule has 8 nitrogen and oxygen atoms in total. The Labute approximate surface area is 122 Å². The maximum Gasteiger partial charge on any atom is 0.259 e. The van der Waals surface area contributed by atoms with Gasteiger partial charge in [-0.25, -0.2) is 0 Å². The molecule has 0 saturated heterocycles. The summed E-state index contributed by atoms with van der Waals surface area (Å²) in [4.78, 5) is 17.4. The Morgan fingerprint density at radius 1 is 1.29 bits per heavy atom. The van der Waals surface area contributed by atoms with Crippen LogP contribution in [0.5, 0.6) is 11.6 Å². The summed E-state index contributed by atoms with van der Waals surface area (Å²) in [6.45, 7) is 0. The van der Waals surface area contributed by atoms with E-state index in [2.05, 4.69) is 30.6 Å². The molecule has 0 saturated carbocycles. The number of H-pyrrole nitrogens is 3. The van der Waals surface area contributed by atoms with Gasteiger partial charge in [-0.2, -0.15) is 5.21 Å². The fourth-order valence-electron chi connectivity index (χ4n) is 2.28. The third kappa shape index (κ3) is 1.94. The van der Waals surface area contributed by atoms with Crippen LogP contribution < -0.4 is 10.3 Å². The van der Waals surface area contributed by atoms with Crippen molar-refractivity contribution in [1.29, 1.82) is 0 Å². The highest BCUT2D eigenvalue weighted by atomic mass is 32.1. The molecular weight excluding hydrogens is 292 g/mol. The number of aromatic amines is 3. The van der Waals surface area contributed by atoms with E-state index in [1.54, 1.807) is 0 Å². The first-order valence-corrected chi connectivity index (χ1v) is 6.51. The summed E-state index contributed by atoms with van der Waals surface area (Å²) in [5.41, 5.74) is 1.95. The molecule has 3 aromatic rings. The van der Waals surface area contributed by atoms with E-state index in [0.29, 0.717) is 29.4 Å². The minimum absolute atomic E-state index is 0.241. The van der Waals surface area contributed by atoms with Gasteiger partial charge in [-0.05, 0) is 35.6 Å². The highest BCUT2D eigenvalue weighted by Gasteiger charge is 2.21. The van der Waals surface area contributed by atoms with Gasteiger partial charge in [0, 0.05) is 17.5 Å². The van der Waals surface area contributed by atoms with Gasteiger partial charge in [-0.3, -0.25) is 9.78 Å². The molecular formula is C12H8N6O2S. The molecule has 0 fully saturated rings. The molecule has 0 spiro atoms. The van der Waals surface area contributed by atoms with Gasteiger partial charge in [-0.15, -0.1) is 10.2 Å². The number of fused-ring (bicyclic) bond motifs is 2. The molecule has 1 aliphatic heterocycles. The second-order valence-electron chi connectivity index (χ2n) is 4.55. The molecule has 104 valence electrons. The molecule has 0 atom stereocenters. The van der Waals surface area contributed by atoms with Crippen LogP contribution in [0.3, 0.4) is 0 Å². The normalized spacial score (nSPS) is 12.4. The van der Waals surface area contributed by atoms with Crippen LogP contribution in [0.4, 0.5) is 0 Å². The quantitative estimate of drug-likeness (QED) is 0.457. The number of hydrogen-bond acceptors (Lipinski definition) is 6. The molecule has 21 heavy (non-hydrogen) atoms. The highest BCUT2D eigenvalue weighted by Crippen LogP contribution is 2.35. The monoisotopic (exact) mass is 300 g/mol. The third-order valence-corrected chi connectivity index (χ3v) is 3.45. The van der Waals surface area contributed by atoms with Gasteiger partial charge >= 0.3 is 0 Å². The predicted octanol–water partition coefficient (Wildman–Crippen LogP) is 1.31. The first-order chi connectivity index (χ1) is 10.2. The van der Waals surface area contributed by atoms with Gasteiger partial charge in [0.05, 0.1) is 5.56 Å². The lowest BCUT2D eigenvalue weighted by Crippen LogP contribution is -2.19. The number of rotatable bonds is 1. The van der Waals surface area contributed by atoms with Crippen molar-refractivity contribution in [3.63, 3.8) is 0 Å². The summed E-state index contributed by atoms with van der Waals surface area (Å²) in [7, 11) is 0. The number of aromatic nitrogens is 6. The van der Waals surface area contributed by atoms with Crippen molar-refractivity contribution in [1.82, 2.24) is 30.6 Å². The van der Waals surface area contributed by atoms with Crippen molar-refractivity contribution in [2.45, 2.75) is 6.42 Å². The summed E-state index contributed by atoms with van der Waals surface area (Å²) in [6, 6.07) is 5.52. The molecule has 9 heteroatoms. The van der Waals surface area contributed by atoms with Crippen LogP contribution in [-0.4, -0.2) is 30.6 Å². The molecule has 0 bridgehead atoms. The zero-order valence-electron chi connectivity index (χ0n) is 10.5. The van der Waals surface area contributed by atoms with Crippen molar-refractivity contribution in [3.8, 4) is 23.0 Å². The van der Waals surface area contributed by atoms with E-state index >= 15 is 0 Å². The molecule has 0 radical (unpaired) electrons. The molecule has 0 amide bonds. The van der Waals surface area contributed by atoms with Crippen molar-refractivity contribution in [2.24, 2.45) is 0 Å². The van der Waals surface area contributed by atoms with E-state index in [4.69, 9.17) is 17.0 Å². The Morgan fingerprint density at radius 3 is 3.00 bits per heavy atom. The Morgan fingerprint density at radius 2 is 2.19 bits per heavy atom. The fourth-order valence-corrected chi connectivity index (χ4v) is 2.47. The molecule has 1 aliphatic rings.